The first-order chi connectivity index (χ1) is 9.93. The van der Waals surface area contributed by atoms with Crippen molar-refractivity contribution in [1.29, 1.82) is 0 Å². The third-order valence-corrected chi connectivity index (χ3v) is 2.80. The van der Waals surface area contributed by atoms with Crippen LogP contribution in [0.15, 0.2) is 24.3 Å². The van der Waals surface area contributed by atoms with E-state index in [0.717, 1.165) is 5.56 Å². The van der Waals surface area contributed by atoms with Crippen molar-refractivity contribution in [1.82, 2.24) is 10.2 Å². The maximum Gasteiger partial charge on any atom is 0.335 e. The summed E-state index contributed by atoms with van der Waals surface area (Å²) in [6.45, 7) is 0.539. The lowest BCUT2D eigenvalue weighted by Crippen LogP contribution is -2.37. The van der Waals surface area contributed by atoms with Gasteiger partial charge in [-0.25, -0.2) is 9.59 Å². The lowest BCUT2D eigenvalue weighted by molar-refractivity contribution is -0.140. The van der Waals surface area contributed by atoms with Gasteiger partial charge in [0.05, 0.1) is 19.1 Å². The summed E-state index contributed by atoms with van der Waals surface area (Å²) < 4.78 is 4.47. The molecular weight excluding hydrogens is 276 g/mol. The Labute approximate surface area is 122 Å². The van der Waals surface area contributed by atoms with Gasteiger partial charge in [0.2, 0.25) is 0 Å². The lowest BCUT2D eigenvalue weighted by Gasteiger charge is -2.18. The SMILES string of the molecule is COC(=O)CCNC(=O)N(C)Cc1ccc(C(=O)O)cc1. The summed E-state index contributed by atoms with van der Waals surface area (Å²) >= 11 is 0. The molecule has 0 fully saturated rings. The van der Waals surface area contributed by atoms with E-state index in [2.05, 4.69) is 10.1 Å². The van der Waals surface area contributed by atoms with Crippen LogP contribution in [-0.4, -0.2) is 48.7 Å². The van der Waals surface area contributed by atoms with Crippen LogP contribution >= 0.6 is 0 Å². The number of ether oxygens (including phenoxy) is 1. The molecule has 114 valence electrons. The first-order valence-electron chi connectivity index (χ1n) is 6.32. The van der Waals surface area contributed by atoms with E-state index < -0.39 is 5.97 Å². The lowest BCUT2D eigenvalue weighted by atomic mass is 10.1. The van der Waals surface area contributed by atoms with Gasteiger partial charge < -0.3 is 20.1 Å². The van der Waals surface area contributed by atoms with E-state index in [-0.39, 0.29) is 30.5 Å². The van der Waals surface area contributed by atoms with Gasteiger partial charge in [-0.15, -0.1) is 0 Å². The molecule has 0 aromatic heterocycles. The Bertz CT molecular complexity index is 513. The van der Waals surface area contributed by atoms with Gasteiger partial charge in [-0.1, -0.05) is 12.1 Å². The van der Waals surface area contributed by atoms with Gasteiger partial charge in [-0.05, 0) is 17.7 Å². The highest BCUT2D eigenvalue weighted by atomic mass is 16.5. The van der Waals surface area contributed by atoms with Crippen molar-refractivity contribution in [2.24, 2.45) is 0 Å². The van der Waals surface area contributed by atoms with Crippen LogP contribution in [0.3, 0.4) is 0 Å². The van der Waals surface area contributed by atoms with Crippen molar-refractivity contribution in [2.45, 2.75) is 13.0 Å². The zero-order valence-corrected chi connectivity index (χ0v) is 12.0. The third-order valence-electron chi connectivity index (χ3n) is 2.80. The number of nitrogens with one attached hydrogen (secondary N) is 1. The molecule has 21 heavy (non-hydrogen) atoms. The number of esters is 1. The molecule has 0 radical (unpaired) electrons. The summed E-state index contributed by atoms with van der Waals surface area (Å²) in [5.41, 5.74) is 1.01. The number of methoxy groups -OCH3 is 1. The number of rotatable bonds is 6. The molecule has 7 nitrogen and oxygen atoms in total. The number of amides is 2. The number of benzene rings is 1. The van der Waals surface area contributed by atoms with E-state index in [1.807, 2.05) is 0 Å². The Balaban J connectivity index is 2.44. The molecule has 0 heterocycles. The molecule has 0 aliphatic rings. The van der Waals surface area contributed by atoms with Gasteiger partial charge in [0.25, 0.3) is 0 Å². The highest BCUT2D eigenvalue weighted by molar-refractivity contribution is 5.87. The Morgan fingerprint density at radius 1 is 1.24 bits per heavy atom. The molecule has 0 unspecified atom stereocenters. The van der Waals surface area contributed by atoms with Crippen molar-refractivity contribution in [3.05, 3.63) is 35.4 Å². The number of urea groups is 1. The molecule has 2 amide bonds. The van der Waals surface area contributed by atoms with Crippen LogP contribution < -0.4 is 5.32 Å². The van der Waals surface area contributed by atoms with Gasteiger partial charge >= 0.3 is 18.0 Å². The van der Waals surface area contributed by atoms with Crippen LogP contribution in [0.25, 0.3) is 0 Å². The second-order valence-corrected chi connectivity index (χ2v) is 4.42. The van der Waals surface area contributed by atoms with Gasteiger partial charge in [-0.3, -0.25) is 4.79 Å². The molecule has 0 atom stereocenters. The largest absolute Gasteiger partial charge is 0.478 e. The fourth-order valence-corrected chi connectivity index (χ4v) is 1.61. The van der Waals surface area contributed by atoms with Gasteiger partial charge in [-0.2, -0.15) is 0 Å². The van der Waals surface area contributed by atoms with Crippen molar-refractivity contribution in [2.75, 3.05) is 20.7 Å². The maximum absolute atomic E-state index is 11.8. The number of carboxylic acids is 1. The first kappa shape index (κ1) is 16.5. The average molecular weight is 294 g/mol. The van der Waals surface area contributed by atoms with E-state index in [9.17, 15) is 14.4 Å². The Morgan fingerprint density at radius 2 is 1.86 bits per heavy atom. The maximum atomic E-state index is 11.8. The highest BCUT2D eigenvalue weighted by Crippen LogP contribution is 2.07. The molecule has 2 N–H and O–H groups in total. The summed E-state index contributed by atoms with van der Waals surface area (Å²) in [6, 6.07) is 5.96. The Morgan fingerprint density at radius 3 is 2.38 bits per heavy atom. The molecule has 0 aliphatic heterocycles. The van der Waals surface area contributed by atoms with Crippen LogP contribution in [0, 0.1) is 0 Å². The van der Waals surface area contributed by atoms with Crippen LogP contribution in [0.5, 0.6) is 0 Å². The molecule has 0 saturated heterocycles. The topological polar surface area (TPSA) is 95.9 Å². The van der Waals surface area contributed by atoms with Crippen molar-refractivity contribution < 1.29 is 24.2 Å². The van der Waals surface area contributed by atoms with Gasteiger partial charge in [0.15, 0.2) is 0 Å². The van der Waals surface area contributed by atoms with Crippen LogP contribution in [0.1, 0.15) is 22.3 Å². The van der Waals surface area contributed by atoms with E-state index in [1.165, 1.54) is 24.1 Å². The number of carbonyl (C=O) groups excluding carboxylic acids is 2. The second kappa shape index (κ2) is 7.88. The van der Waals surface area contributed by atoms with E-state index in [1.54, 1.807) is 19.2 Å². The van der Waals surface area contributed by atoms with E-state index in [0.29, 0.717) is 6.54 Å². The van der Waals surface area contributed by atoms with Crippen molar-refractivity contribution in [3.8, 4) is 0 Å². The number of nitrogens with zero attached hydrogens (tertiary/aromatic N) is 1. The molecule has 1 rings (SSSR count). The van der Waals surface area contributed by atoms with E-state index >= 15 is 0 Å². The zero-order chi connectivity index (χ0) is 15.8. The number of hydrogen-bond donors (Lipinski definition) is 2. The number of aromatic carboxylic acids is 1. The molecule has 0 aliphatic carbocycles. The van der Waals surface area contributed by atoms with Crippen molar-refractivity contribution >= 4 is 18.0 Å². The Kier molecular flexibility index (Phi) is 6.19. The third kappa shape index (κ3) is 5.52. The molecule has 1 aromatic rings. The molecular formula is C14H18N2O5. The summed E-state index contributed by atoms with van der Waals surface area (Å²) in [5, 5.41) is 11.4. The molecule has 1 aromatic carbocycles. The predicted molar refractivity (Wildman–Crippen MR) is 74.9 cm³/mol. The quantitative estimate of drug-likeness (QED) is 0.766. The average Bonchev–Trinajstić information content (AvgIpc) is 2.47. The number of hydrogen-bond acceptors (Lipinski definition) is 4. The fourth-order valence-electron chi connectivity index (χ4n) is 1.61. The molecule has 0 saturated carbocycles. The van der Waals surface area contributed by atoms with Crippen molar-refractivity contribution in [3.63, 3.8) is 0 Å². The smallest absolute Gasteiger partial charge is 0.335 e. The number of carboxylic acid groups (broad SMARTS) is 1. The molecule has 0 bridgehead atoms. The highest BCUT2D eigenvalue weighted by Gasteiger charge is 2.10. The monoisotopic (exact) mass is 294 g/mol. The van der Waals surface area contributed by atoms with Gasteiger partial charge in [0.1, 0.15) is 0 Å². The minimum absolute atomic E-state index is 0.114. The zero-order valence-electron chi connectivity index (χ0n) is 12.0. The second-order valence-electron chi connectivity index (χ2n) is 4.42. The van der Waals surface area contributed by atoms with Crippen LogP contribution in [0.2, 0.25) is 0 Å². The summed E-state index contributed by atoms with van der Waals surface area (Å²) in [5.74, 6) is -1.38. The van der Waals surface area contributed by atoms with Crippen LogP contribution in [0.4, 0.5) is 4.79 Å². The minimum Gasteiger partial charge on any atom is -0.478 e. The standard InChI is InChI=1S/C14H18N2O5/c1-16(14(20)15-8-7-12(17)21-2)9-10-3-5-11(6-4-10)13(18)19/h3-6H,7-9H2,1-2H3,(H,15,20)(H,18,19). The summed E-state index contributed by atoms with van der Waals surface area (Å²) in [7, 11) is 2.90. The predicted octanol–water partition coefficient (Wildman–Crippen LogP) is 1.09. The summed E-state index contributed by atoms with van der Waals surface area (Å²) in [4.78, 5) is 34.8. The van der Waals surface area contributed by atoms with Crippen LogP contribution in [-0.2, 0) is 16.1 Å². The molecule has 7 heteroatoms. The summed E-state index contributed by atoms with van der Waals surface area (Å²) in [6.07, 6.45) is 0.114. The normalized spacial score (nSPS) is 9.81. The molecule has 0 spiro atoms. The minimum atomic E-state index is -0.990. The number of carbonyl (C=O) groups is 3. The fraction of sp³-hybridized carbons (Fsp3) is 0.357. The van der Waals surface area contributed by atoms with E-state index in [4.69, 9.17) is 5.11 Å². The first-order valence-corrected chi connectivity index (χ1v) is 6.32. The van der Waals surface area contributed by atoms with Gasteiger partial charge in [0, 0.05) is 20.1 Å². The Hall–Kier alpha value is -2.57.